The molecule has 17 heavy (non-hydrogen) atoms. The lowest BCUT2D eigenvalue weighted by atomic mass is 10.2. The van der Waals surface area contributed by atoms with E-state index in [0.29, 0.717) is 11.3 Å². The summed E-state index contributed by atoms with van der Waals surface area (Å²) in [6.07, 6.45) is 0. The summed E-state index contributed by atoms with van der Waals surface area (Å²) in [4.78, 5) is 16.5. The van der Waals surface area contributed by atoms with Crippen LogP contribution in [0.15, 0.2) is 29.8 Å². The number of nitrogens with zero attached hydrogens (tertiary/aromatic N) is 1. The van der Waals surface area contributed by atoms with Crippen LogP contribution in [-0.4, -0.2) is 10.9 Å². The molecule has 1 N–H and O–H groups in total. The number of halogens is 1. The molecule has 0 aliphatic rings. The molecule has 1 amide bonds. The molecule has 5 heteroatoms. The summed E-state index contributed by atoms with van der Waals surface area (Å²) in [5.41, 5.74) is 2.49. The van der Waals surface area contributed by atoms with Crippen molar-refractivity contribution in [1.82, 2.24) is 10.3 Å². The number of benzene rings is 1. The zero-order chi connectivity index (χ0) is 12.3. The molecule has 0 bridgehead atoms. The minimum atomic E-state index is -0.317. The van der Waals surface area contributed by atoms with Crippen molar-refractivity contribution < 1.29 is 9.18 Å². The van der Waals surface area contributed by atoms with Crippen molar-refractivity contribution in [2.45, 2.75) is 13.5 Å². The predicted molar refractivity (Wildman–Crippen MR) is 64.4 cm³/mol. The number of nitrogens with one attached hydrogen (secondary N) is 1. The first-order valence-corrected chi connectivity index (χ1v) is 5.98. The lowest BCUT2D eigenvalue weighted by molar-refractivity contribution is 0.0945. The van der Waals surface area contributed by atoms with Crippen molar-refractivity contribution in [3.8, 4) is 0 Å². The quantitative estimate of drug-likeness (QED) is 0.909. The van der Waals surface area contributed by atoms with Gasteiger partial charge in [-0.05, 0) is 13.0 Å². The Morgan fingerprint density at radius 1 is 1.47 bits per heavy atom. The van der Waals surface area contributed by atoms with Gasteiger partial charge in [0, 0.05) is 17.0 Å². The van der Waals surface area contributed by atoms with Crippen LogP contribution in [0.25, 0.3) is 0 Å². The van der Waals surface area contributed by atoms with E-state index in [1.54, 1.807) is 23.7 Å². The van der Waals surface area contributed by atoms with Gasteiger partial charge in [-0.1, -0.05) is 18.2 Å². The van der Waals surface area contributed by atoms with Crippen molar-refractivity contribution in [1.29, 1.82) is 0 Å². The fourth-order valence-electron chi connectivity index (χ4n) is 1.42. The molecular weight excluding hydrogens is 239 g/mol. The molecule has 1 heterocycles. The standard InChI is InChI=1S/C12H11FN2OS/c1-8-11(15-7-17-8)12(16)14-6-9-4-2-3-5-10(9)13/h2-5,7H,6H2,1H3,(H,14,16). The molecule has 2 aromatic rings. The zero-order valence-corrected chi connectivity index (χ0v) is 10.1. The maximum atomic E-state index is 13.3. The first-order valence-electron chi connectivity index (χ1n) is 5.10. The molecule has 2 rings (SSSR count). The van der Waals surface area contributed by atoms with Gasteiger partial charge in [-0.15, -0.1) is 11.3 Å². The van der Waals surface area contributed by atoms with Gasteiger partial charge in [0.2, 0.25) is 0 Å². The molecule has 0 aliphatic heterocycles. The van der Waals surface area contributed by atoms with E-state index >= 15 is 0 Å². The van der Waals surface area contributed by atoms with E-state index in [-0.39, 0.29) is 18.3 Å². The van der Waals surface area contributed by atoms with Crippen LogP contribution in [0.4, 0.5) is 4.39 Å². The zero-order valence-electron chi connectivity index (χ0n) is 9.24. The monoisotopic (exact) mass is 250 g/mol. The average molecular weight is 250 g/mol. The summed E-state index contributed by atoms with van der Waals surface area (Å²) >= 11 is 1.41. The number of carbonyl (C=O) groups excluding carboxylic acids is 1. The summed E-state index contributed by atoms with van der Waals surface area (Å²) in [5, 5.41) is 2.65. The first-order chi connectivity index (χ1) is 8.18. The van der Waals surface area contributed by atoms with Gasteiger partial charge in [-0.25, -0.2) is 9.37 Å². The summed E-state index contributed by atoms with van der Waals surface area (Å²) < 4.78 is 13.3. The number of amides is 1. The Labute approximate surface area is 102 Å². The number of aromatic nitrogens is 1. The maximum absolute atomic E-state index is 13.3. The van der Waals surface area contributed by atoms with Crippen molar-refractivity contribution in [2.24, 2.45) is 0 Å². The highest BCUT2D eigenvalue weighted by molar-refractivity contribution is 7.09. The van der Waals surface area contributed by atoms with Crippen LogP contribution in [-0.2, 0) is 6.54 Å². The Kier molecular flexibility index (Phi) is 3.49. The molecule has 1 aromatic heterocycles. The second-order valence-electron chi connectivity index (χ2n) is 3.53. The molecule has 0 spiro atoms. The number of hydrogen-bond acceptors (Lipinski definition) is 3. The van der Waals surface area contributed by atoms with Gasteiger partial charge in [0.05, 0.1) is 5.51 Å². The molecule has 0 saturated carbocycles. The SMILES string of the molecule is Cc1scnc1C(=O)NCc1ccccc1F. The highest BCUT2D eigenvalue weighted by atomic mass is 32.1. The maximum Gasteiger partial charge on any atom is 0.271 e. The fourth-order valence-corrected chi connectivity index (χ4v) is 2.00. The van der Waals surface area contributed by atoms with E-state index in [1.807, 2.05) is 6.92 Å². The van der Waals surface area contributed by atoms with Crippen molar-refractivity contribution in [2.75, 3.05) is 0 Å². The van der Waals surface area contributed by atoms with E-state index in [9.17, 15) is 9.18 Å². The highest BCUT2D eigenvalue weighted by Crippen LogP contribution is 2.11. The van der Waals surface area contributed by atoms with E-state index in [0.717, 1.165) is 4.88 Å². The van der Waals surface area contributed by atoms with Gasteiger partial charge < -0.3 is 5.32 Å². The molecule has 3 nitrogen and oxygen atoms in total. The smallest absolute Gasteiger partial charge is 0.271 e. The highest BCUT2D eigenvalue weighted by Gasteiger charge is 2.11. The van der Waals surface area contributed by atoms with Crippen LogP contribution in [0.1, 0.15) is 20.9 Å². The van der Waals surface area contributed by atoms with Crippen molar-refractivity contribution in [3.05, 3.63) is 51.7 Å². The third-order valence-electron chi connectivity index (χ3n) is 2.36. The Bertz CT molecular complexity index is 539. The molecule has 0 atom stereocenters. The summed E-state index contributed by atoms with van der Waals surface area (Å²) in [5.74, 6) is -0.588. The molecule has 0 unspecified atom stereocenters. The fraction of sp³-hybridized carbons (Fsp3) is 0.167. The van der Waals surface area contributed by atoms with E-state index in [4.69, 9.17) is 0 Å². The third-order valence-corrected chi connectivity index (χ3v) is 3.11. The van der Waals surface area contributed by atoms with Crippen molar-refractivity contribution >= 4 is 17.2 Å². The van der Waals surface area contributed by atoms with Crippen LogP contribution in [0.2, 0.25) is 0 Å². The van der Waals surface area contributed by atoms with E-state index in [1.165, 1.54) is 17.4 Å². The summed E-state index contributed by atoms with van der Waals surface area (Å²) in [6, 6.07) is 6.36. The topological polar surface area (TPSA) is 42.0 Å². The molecule has 0 saturated heterocycles. The summed E-state index contributed by atoms with van der Waals surface area (Å²) in [6.45, 7) is 2.00. The molecule has 0 radical (unpaired) electrons. The van der Waals surface area contributed by atoms with Gasteiger partial charge in [-0.3, -0.25) is 4.79 Å². The van der Waals surface area contributed by atoms with Crippen LogP contribution < -0.4 is 5.32 Å². The van der Waals surface area contributed by atoms with Gasteiger partial charge in [0.15, 0.2) is 0 Å². The Balaban J connectivity index is 2.02. The van der Waals surface area contributed by atoms with Gasteiger partial charge in [0.1, 0.15) is 11.5 Å². The predicted octanol–water partition coefficient (Wildman–Crippen LogP) is 2.52. The molecular formula is C12H11FN2OS. The normalized spacial score (nSPS) is 10.2. The third kappa shape index (κ3) is 2.68. The molecule has 0 fully saturated rings. The van der Waals surface area contributed by atoms with Crippen LogP contribution >= 0.6 is 11.3 Å². The second kappa shape index (κ2) is 5.05. The Hall–Kier alpha value is -1.75. The molecule has 88 valence electrons. The minimum Gasteiger partial charge on any atom is -0.346 e. The first kappa shape index (κ1) is 11.7. The van der Waals surface area contributed by atoms with Gasteiger partial charge in [-0.2, -0.15) is 0 Å². The van der Waals surface area contributed by atoms with Crippen LogP contribution in [0, 0.1) is 12.7 Å². The molecule has 0 aliphatic carbocycles. The lowest BCUT2D eigenvalue weighted by Gasteiger charge is -2.05. The van der Waals surface area contributed by atoms with Gasteiger partial charge >= 0.3 is 0 Å². The Morgan fingerprint density at radius 2 is 2.24 bits per heavy atom. The number of rotatable bonds is 3. The van der Waals surface area contributed by atoms with E-state index in [2.05, 4.69) is 10.3 Å². The second-order valence-corrected chi connectivity index (χ2v) is 4.59. The molecule has 1 aromatic carbocycles. The average Bonchev–Trinajstić information content (AvgIpc) is 2.74. The van der Waals surface area contributed by atoms with Crippen LogP contribution in [0.5, 0.6) is 0 Å². The minimum absolute atomic E-state index is 0.169. The lowest BCUT2D eigenvalue weighted by Crippen LogP contribution is -2.24. The largest absolute Gasteiger partial charge is 0.346 e. The van der Waals surface area contributed by atoms with E-state index < -0.39 is 0 Å². The summed E-state index contributed by atoms with van der Waals surface area (Å²) in [7, 11) is 0. The Morgan fingerprint density at radius 3 is 2.88 bits per heavy atom. The number of hydrogen-bond donors (Lipinski definition) is 1. The number of carbonyl (C=O) groups is 1. The van der Waals surface area contributed by atoms with Gasteiger partial charge in [0.25, 0.3) is 5.91 Å². The van der Waals surface area contributed by atoms with Crippen molar-refractivity contribution in [3.63, 3.8) is 0 Å². The number of thiazole rings is 1. The van der Waals surface area contributed by atoms with Crippen LogP contribution in [0.3, 0.4) is 0 Å². The number of aryl methyl sites for hydroxylation is 1.